The van der Waals surface area contributed by atoms with Gasteiger partial charge in [-0.15, -0.1) is 0 Å². The molecule has 0 aromatic carbocycles. The molecule has 4 nitrogen and oxygen atoms in total. The molecule has 58 valence electrons. The van der Waals surface area contributed by atoms with Gasteiger partial charge in [0.2, 0.25) is 0 Å². The van der Waals surface area contributed by atoms with Crippen LogP contribution in [0.3, 0.4) is 0 Å². The highest BCUT2D eigenvalue weighted by molar-refractivity contribution is 7.85. The average molecular weight is 155 g/mol. The lowest BCUT2D eigenvalue weighted by molar-refractivity contribution is 0.322. The van der Waals surface area contributed by atoms with Crippen molar-refractivity contribution in [2.24, 2.45) is 0 Å². The Balaban J connectivity index is 0. The topological polar surface area (TPSA) is 78.4 Å². The first kappa shape index (κ1) is 11.6. The third-order valence-electron chi connectivity index (χ3n) is 0.502. The molecule has 0 saturated carbocycles. The summed E-state index contributed by atoms with van der Waals surface area (Å²) >= 11 is 0. The van der Waals surface area contributed by atoms with E-state index < -0.39 is 10.1 Å². The van der Waals surface area contributed by atoms with Crippen molar-refractivity contribution in [2.75, 3.05) is 12.9 Å². The minimum atomic E-state index is -3.19. The second-order valence-corrected chi connectivity index (χ2v) is 3.17. The van der Waals surface area contributed by atoms with Crippen molar-refractivity contribution in [3.8, 4) is 0 Å². The smallest absolute Gasteiger partial charge is 0.264 e. The predicted molar refractivity (Wildman–Crippen MR) is 36.1 cm³/mol. The minimum absolute atomic E-state index is 0. The Morgan fingerprint density at radius 2 is 1.89 bits per heavy atom. The monoisotopic (exact) mass is 155 g/mol. The zero-order valence-electron chi connectivity index (χ0n) is 5.75. The van der Waals surface area contributed by atoms with Gasteiger partial charge in [-0.25, -0.2) is 0 Å². The highest BCUT2D eigenvalue weighted by atomic mass is 32.2. The van der Waals surface area contributed by atoms with Crippen LogP contribution in [0.2, 0.25) is 0 Å². The molecule has 0 bridgehead atoms. The van der Waals surface area contributed by atoms with E-state index in [1.54, 1.807) is 0 Å². The molecule has 0 amide bonds. The molecule has 0 heterocycles. The van der Waals surface area contributed by atoms with Crippen molar-refractivity contribution in [2.45, 2.75) is 13.3 Å². The maximum atomic E-state index is 10.2. The van der Waals surface area contributed by atoms with Crippen LogP contribution in [-0.4, -0.2) is 21.3 Å². The van der Waals surface area contributed by atoms with Crippen LogP contribution < -0.4 is 6.15 Å². The Kier molecular flexibility index (Phi) is 6.11. The summed E-state index contributed by atoms with van der Waals surface area (Å²) in [4.78, 5) is 0. The van der Waals surface area contributed by atoms with Gasteiger partial charge in [0.1, 0.15) is 0 Å². The van der Waals surface area contributed by atoms with Crippen LogP contribution in [0.5, 0.6) is 0 Å². The Morgan fingerprint density at radius 1 is 1.44 bits per heavy atom. The number of rotatable bonds is 3. The third kappa shape index (κ3) is 11.4. The summed E-state index contributed by atoms with van der Waals surface area (Å²) < 4.78 is 24.7. The van der Waals surface area contributed by atoms with E-state index >= 15 is 0 Å². The molecular weight excluding hydrogens is 142 g/mol. The maximum Gasteiger partial charge on any atom is 0.264 e. The molecule has 0 radical (unpaired) electrons. The van der Waals surface area contributed by atoms with E-state index in [2.05, 4.69) is 4.18 Å². The summed E-state index contributed by atoms with van der Waals surface area (Å²) in [6.45, 7) is 2.14. The van der Waals surface area contributed by atoms with Crippen LogP contribution >= 0.6 is 0 Å². The van der Waals surface area contributed by atoms with E-state index in [1.165, 1.54) is 0 Å². The molecule has 0 spiro atoms. The second-order valence-electron chi connectivity index (χ2n) is 1.53. The van der Waals surface area contributed by atoms with Crippen LogP contribution in [-0.2, 0) is 14.3 Å². The van der Waals surface area contributed by atoms with Crippen molar-refractivity contribution >= 4 is 10.1 Å². The van der Waals surface area contributed by atoms with E-state index in [0.29, 0.717) is 6.61 Å². The highest BCUT2D eigenvalue weighted by Gasteiger charge is 1.96. The number of hydrogen-bond donors (Lipinski definition) is 1. The van der Waals surface area contributed by atoms with Gasteiger partial charge in [0.15, 0.2) is 0 Å². The first-order chi connectivity index (χ1) is 3.56. The summed E-state index contributed by atoms with van der Waals surface area (Å²) in [5.41, 5.74) is 0. The Hall–Kier alpha value is -0.130. The summed E-state index contributed by atoms with van der Waals surface area (Å²) in [7, 11) is -3.19. The fourth-order valence-electron chi connectivity index (χ4n) is 0.235. The first-order valence-electron chi connectivity index (χ1n) is 2.40. The first-order valence-corrected chi connectivity index (χ1v) is 4.22. The molecule has 0 unspecified atom stereocenters. The van der Waals surface area contributed by atoms with Gasteiger partial charge in [-0.3, -0.25) is 4.18 Å². The summed E-state index contributed by atoms with van der Waals surface area (Å²) in [5.74, 6) is 0. The van der Waals surface area contributed by atoms with Crippen LogP contribution in [0.15, 0.2) is 0 Å². The molecular formula is C4H13NO3S. The standard InChI is InChI=1S/C4H10O3S.H3N/c1-3-4-7-8(2,5)6;/h3-4H2,1-2H3;1H3. The van der Waals surface area contributed by atoms with Gasteiger partial charge in [0.25, 0.3) is 10.1 Å². The summed E-state index contributed by atoms with van der Waals surface area (Å²) in [6.07, 6.45) is 1.77. The molecule has 0 aliphatic rings. The molecule has 0 aliphatic heterocycles. The molecule has 0 aromatic heterocycles. The normalized spacial score (nSPS) is 10.4. The fraction of sp³-hybridized carbons (Fsp3) is 1.00. The Morgan fingerprint density at radius 3 is 2.00 bits per heavy atom. The molecule has 0 atom stereocenters. The minimum Gasteiger partial charge on any atom is -0.344 e. The van der Waals surface area contributed by atoms with Crippen molar-refractivity contribution in [1.29, 1.82) is 0 Å². The van der Waals surface area contributed by atoms with Crippen LogP contribution in [0.25, 0.3) is 0 Å². The summed E-state index contributed by atoms with van der Waals surface area (Å²) in [6, 6.07) is 0. The predicted octanol–water partition coefficient (Wildman–Crippen LogP) is 0.535. The van der Waals surface area contributed by atoms with Crippen LogP contribution in [0.1, 0.15) is 13.3 Å². The van der Waals surface area contributed by atoms with Gasteiger partial charge in [0.05, 0.1) is 12.9 Å². The van der Waals surface area contributed by atoms with Gasteiger partial charge in [-0.05, 0) is 6.42 Å². The zero-order valence-corrected chi connectivity index (χ0v) is 6.57. The van der Waals surface area contributed by atoms with Crippen LogP contribution in [0, 0.1) is 0 Å². The summed E-state index contributed by atoms with van der Waals surface area (Å²) in [5, 5.41) is 0. The molecule has 0 rings (SSSR count). The SMILES string of the molecule is CCCOS(C)(=O)=O.N. The van der Waals surface area contributed by atoms with E-state index in [1.807, 2.05) is 6.92 Å². The quantitative estimate of drug-likeness (QED) is 0.603. The Labute approximate surface area is 55.9 Å². The molecule has 0 saturated heterocycles. The van der Waals surface area contributed by atoms with Gasteiger partial charge in [0, 0.05) is 0 Å². The lowest BCUT2D eigenvalue weighted by Crippen LogP contribution is -2.02. The lowest BCUT2D eigenvalue weighted by Gasteiger charge is -1.94. The van der Waals surface area contributed by atoms with Crippen molar-refractivity contribution in [3.05, 3.63) is 0 Å². The van der Waals surface area contributed by atoms with Crippen LogP contribution in [0.4, 0.5) is 0 Å². The fourth-order valence-corrected chi connectivity index (χ4v) is 0.704. The van der Waals surface area contributed by atoms with Crippen molar-refractivity contribution in [3.63, 3.8) is 0 Å². The van der Waals surface area contributed by atoms with Gasteiger partial charge < -0.3 is 6.15 Å². The average Bonchev–Trinajstić information content (AvgIpc) is 1.59. The maximum absolute atomic E-state index is 10.2. The lowest BCUT2D eigenvalue weighted by atomic mass is 10.5. The molecule has 0 aromatic rings. The highest BCUT2D eigenvalue weighted by Crippen LogP contribution is 1.86. The van der Waals surface area contributed by atoms with Crippen molar-refractivity contribution < 1.29 is 12.6 Å². The van der Waals surface area contributed by atoms with Crippen molar-refractivity contribution in [1.82, 2.24) is 6.15 Å². The number of hydrogen-bond acceptors (Lipinski definition) is 4. The van der Waals surface area contributed by atoms with E-state index in [-0.39, 0.29) is 6.15 Å². The van der Waals surface area contributed by atoms with E-state index in [4.69, 9.17) is 0 Å². The van der Waals surface area contributed by atoms with Gasteiger partial charge in [-0.2, -0.15) is 8.42 Å². The molecule has 0 aliphatic carbocycles. The second kappa shape index (κ2) is 4.72. The zero-order chi connectivity index (χ0) is 6.62. The molecule has 0 fully saturated rings. The van der Waals surface area contributed by atoms with E-state index in [9.17, 15) is 8.42 Å². The third-order valence-corrected chi connectivity index (χ3v) is 1.10. The Bertz CT molecular complexity index is 140. The van der Waals surface area contributed by atoms with Gasteiger partial charge >= 0.3 is 0 Å². The van der Waals surface area contributed by atoms with E-state index in [0.717, 1.165) is 12.7 Å². The largest absolute Gasteiger partial charge is 0.344 e. The molecule has 5 heteroatoms. The molecule has 9 heavy (non-hydrogen) atoms. The van der Waals surface area contributed by atoms with Gasteiger partial charge in [-0.1, -0.05) is 6.92 Å². The molecule has 3 N–H and O–H groups in total.